The molecule has 7 nitrogen and oxygen atoms in total. The minimum atomic E-state index is 0.377. The lowest BCUT2D eigenvalue weighted by Crippen LogP contribution is -1.97. The summed E-state index contributed by atoms with van der Waals surface area (Å²) >= 11 is 5.32. The molecule has 0 unspecified atom stereocenters. The molecular weight excluding hydrogens is 364 g/mol. The molecule has 2 heterocycles. The van der Waals surface area contributed by atoms with Crippen LogP contribution in [0.25, 0.3) is 11.4 Å². The molecule has 1 saturated carbocycles. The number of H-pyrrole nitrogens is 1. The largest absolute Gasteiger partial charge is 0.497 e. The zero-order chi connectivity index (χ0) is 19.0. The van der Waals surface area contributed by atoms with Crippen molar-refractivity contribution >= 4 is 18.4 Å². The van der Waals surface area contributed by atoms with Crippen LogP contribution < -0.4 is 9.47 Å². The van der Waals surface area contributed by atoms with Crippen LogP contribution in [0, 0.1) is 10.7 Å². The molecule has 2 atom stereocenters. The molecular formula is C19H20N4O3S. The fourth-order valence-corrected chi connectivity index (χ4v) is 3.21. The van der Waals surface area contributed by atoms with E-state index >= 15 is 0 Å². The molecule has 140 valence electrons. The van der Waals surface area contributed by atoms with Crippen LogP contribution in [-0.4, -0.2) is 35.3 Å². The minimum absolute atomic E-state index is 0.377. The van der Waals surface area contributed by atoms with Gasteiger partial charge in [0.1, 0.15) is 23.0 Å². The molecule has 0 aliphatic heterocycles. The number of methoxy groups -OCH3 is 2. The van der Waals surface area contributed by atoms with Gasteiger partial charge in [-0.1, -0.05) is 6.92 Å². The first-order valence-electron chi connectivity index (χ1n) is 8.64. The minimum Gasteiger partial charge on any atom is -0.497 e. The summed E-state index contributed by atoms with van der Waals surface area (Å²) in [6.07, 6.45) is 2.82. The van der Waals surface area contributed by atoms with Gasteiger partial charge in [0.25, 0.3) is 0 Å². The predicted octanol–water partition coefficient (Wildman–Crippen LogP) is 4.22. The third-order valence-corrected chi connectivity index (χ3v) is 4.99. The van der Waals surface area contributed by atoms with E-state index in [-0.39, 0.29) is 0 Å². The van der Waals surface area contributed by atoms with Crippen molar-refractivity contribution < 1.29 is 13.9 Å². The van der Waals surface area contributed by atoms with E-state index in [0.29, 0.717) is 39.7 Å². The lowest BCUT2D eigenvalue weighted by molar-refractivity contribution is 0.395. The van der Waals surface area contributed by atoms with Gasteiger partial charge in [0, 0.05) is 12.0 Å². The highest BCUT2D eigenvalue weighted by Crippen LogP contribution is 2.47. The Morgan fingerprint density at radius 3 is 2.81 bits per heavy atom. The summed E-state index contributed by atoms with van der Waals surface area (Å²) in [7, 11) is 3.20. The topological polar surface area (TPSA) is 77.6 Å². The molecule has 0 saturated heterocycles. The summed E-state index contributed by atoms with van der Waals surface area (Å²) in [6.45, 7) is 2.22. The van der Waals surface area contributed by atoms with Crippen molar-refractivity contribution in [2.24, 2.45) is 11.0 Å². The Labute approximate surface area is 161 Å². The lowest BCUT2D eigenvalue weighted by atomic mass is 10.2. The van der Waals surface area contributed by atoms with Crippen molar-refractivity contribution in [3.8, 4) is 22.9 Å². The van der Waals surface area contributed by atoms with E-state index in [0.717, 1.165) is 11.3 Å². The zero-order valence-electron chi connectivity index (χ0n) is 15.3. The highest BCUT2D eigenvalue weighted by Gasteiger charge is 2.36. The van der Waals surface area contributed by atoms with E-state index < -0.39 is 0 Å². The van der Waals surface area contributed by atoms with E-state index in [2.05, 4.69) is 22.2 Å². The molecule has 0 bridgehead atoms. The maximum Gasteiger partial charge on any atom is 0.216 e. The Morgan fingerprint density at radius 2 is 2.11 bits per heavy atom. The first-order chi connectivity index (χ1) is 13.1. The van der Waals surface area contributed by atoms with Gasteiger partial charge in [0.05, 0.1) is 26.0 Å². The maximum absolute atomic E-state index is 5.87. The second kappa shape index (κ2) is 7.03. The molecule has 0 amide bonds. The van der Waals surface area contributed by atoms with Crippen LogP contribution in [0.15, 0.2) is 39.9 Å². The van der Waals surface area contributed by atoms with Crippen molar-refractivity contribution in [3.05, 3.63) is 46.6 Å². The normalized spacial score (nSPS) is 18.8. The van der Waals surface area contributed by atoms with E-state index in [4.69, 9.17) is 26.1 Å². The number of benzene rings is 1. The van der Waals surface area contributed by atoms with Gasteiger partial charge in [-0.25, -0.2) is 5.10 Å². The lowest BCUT2D eigenvalue weighted by Gasteiger charge is -2.09. The number of nitrogens with zero attached hydrogens (tertiary/aromatic N) is 3. The third kappa shape index (κ3) is 3.40. The van der Waals surface area contributed by atoms with Crippen LogP contribution in [0.4, 0.5) is 0 Å². The Morgan fingerprint density at radius 1 is 1.30 bits per heavy atom. The summed E-state index contributed by atoms with van der Waals surface area (Å²) in [5.74, 6) is 4.76. The maximum atomic E-state index is 5.87. The first kappa shape index (κ1) is 17.5. The highest BCUT2D eigenvalue weighted by atomic mass is 32.1. The van der Waals surface area contributed by atoms with Crippen molar-refractivity contribution in [1.29, 1.82) is 0 Å². The third-order valence-electron chi connectivity index (χ3n) is 4.72. The molecule has 27 heavy (non-hydrogen) atoms. The van der Waals surface area contributed by atoms with Gasteiger partial charge in [-0.05, 0) is 48.8 Å². The Balaban J connectivity index is 1.66. The van der Waals surface area contributed by atoms with E-state index in [9.17, 15) is 0 Å². The number of hydrogen-bond donors (Lipinski definition) is 1. The molecule has 1 N–H and O–H groups in total. The molecule has 8 heteroatoms. The zero-order valence-corrected chi connectivity index (χ0v) is 16.1. The molecule has 1 aliphatic rings. The number of furan rings is 1. The van der Waals surface area contributed by atoms with Crippen LogP contribution in [0.2, 0.25) is 0 Å². The number of hydrogen-bond acceptors (Lipinski definition) is 6. The van der Waals surface area contributed by atoms with Crippen LogP contribution >= 0.6 is 12.2 Å². The molecule has 1 fully saturated rings. The standard InChI is InChI=1S/C19H20N4O3S/c1-11-8-15(11)16-7-5-13(26-16)10-20-23-18(21-22-19(23)27)14-6-4-12(24-2)9-17(14)25-3/h4-7,9-11,15H,8H2,1-3H3,(H,22,27)/b20-10-/t11-,15+/m1/s1. The second-order valence-electron chi connectivity index (χ2n) is 6.53. The first-order valence-corrected chi connectivity index (χ1v) is 9.05. The number of ether oxygens (including phenoxy) is 2. The smallest absolute Gasteiger partial charge is 0.216 e. The monoisotopic (exact) mass is 384 g/mol. The van der Waals surface area contributed by atoms with E-state index in [1.54, 1.807) is 31.2 Å². The second-order valence-corrected chi connectivity index (χ2v) is 6.92. The van der Waals surface area contributed by atoms with Gasteiger partial charge in [0.15, 0.2) is 5.82 Å². The number of aromatic amines is 1. The summed E-state index contributed by atoms with van der Waals surface area (Å²) in [5, 5.41) is 11.5. The van der Waals surface area contributed by atoms with Crippen LogP contribution in [0.3, 0.4) is 0 Å². The molecule has 0 spiro atoms. The van der Waals surface area contributed by atoms with Gasteiger partial charge >= 0.3 is 0 Å². The highest BCUT2D eigenvalue weighted by molar-refractivity contribution is 7.71. The number of nitrogens with one attached hydrogen (secondary N) is 1. The van der Waals surface area contributed by atoms with Gasteiger partial charge in [0.2, 0.25) is 4.77 Å². The summed E-state index contributed by atoms with van der Waals surface area (Å²) < 4.78 is 18.5. The Hall–Kier alpha value is -2.87. The summed E-state index contributed by atoms with van der Waals surface area (Å²) in [6, 6.07) is 9.41. The van der Waals surface area contributed by atoms with Gasteiger partial charge < -0.3 is 13.9 Å². The molecule has 2 aromatic heterocycles. The van der Waals surface area contributed by atoms with Crippen molar-refractivity contribution in [3.63, 3.8) is 0 Å². The van der Waals surface area contributed by atoms with Crippen LogP contribution in [0.5, 0.6) is 11.5 Å². The van der Waals surface area contributed by atoms with Crippen molar-refractivity contribution in [1.82, 2.24) is 14.9 Å². The summed E-state index contributed by atoms with van der Waals surface area (Å²) in [5.41, 5.74) is 0.745. The van der Waals surface area contributed by atoms with E-state index in [1.165, 1.54) is 6.42 Å². The fraction of sp³-hybridized carbons (Fsp3) is 0.316. The molecule has 1 aliphatic carbocycles. The van der Waals surface area contributed by atoms with Gasteiger partial charge in [-0.2, -0.15) is 14.9 Å². The Kier molecular flexibility index (Phi) is 4.57. The quantitative estimate of drug-likeness (QED) is 0.508. The van der Waals surface area contributed by atoms with Crippen LogP contribution in [-0.2, 0) is 0 Å². The molecule has 1 aromatic carbocycles. The molecule has 3 aromatic rings. The fourth-order valence-electron chi connectivity index (χ4n) is 3.03. The van der Waals surface area contributed by atoms with E-state index in [1.807, 2.05) is 24.3 Å². The van der Waals surface area contributed by atoms with Crippen molar-refractivity contribution in [2.75, 3.05) is 14.2 Å². The van der Waals surface area contributed by atoms with Gasteiger partial charge in [-0.15, -0.1) is 0 Å². The number of rotatable bonds is 6. The number of aromatic nitrogens is 3. The van der Waals surface area contributed by atoms with Crippen molar-refractivity contribution in [2.45, 2.75) is 19.3 Å². The SMILES string of the molecule is COc1ccc(-c2n[nH]c(=S)n2/N=C\c2ccc([C@H]3C[C@H]3C)o2)c(OC)c1. The Bertz CT molecular complexity index is 1050. The average molecular weight is 384 g/mol. The molecule has 4 rings (SSSR count). The summed E-state index contributed by atoms with van der Waals surface area (Å²) in [4.78, 5) is 0. The molecule has 0 radical (unpaired) electrons. The van der Waals surface area contributed by atoms with Gasteiger partial charge in [-0.3, -0.25) is 0 Å². The predicted molar refractivity (Wildman–Crippen MR) is 104 cm³/mol. The van der Waals surface area contributed by atoms with Crippen LogP contribution in [0.1, 0.15) is 30.8 Å². The average Bonchev–Trinajstić information content (AvgIpc) is 3.07.